The van der Waals surface area contributed by atoms with Crippen LogP contribution >= 0.6 is 0 Å². The Morgan fingerprint density at radius 2 is 2.06 bits per heavy atom. The minimum Gasteiger partial charge on any atom is -0.378 e. The smallest absolute Gasteiger partial charge is 0.0573 e. The third-order valence-electron chi connectivity index (χ3n) is 5.04. The van der Waals surface area contributed by atoms with E-state index in [4.69, 9.17) is 9.47 Å². The molecule has 0 amide bonds. The van der Waals surface area contributed by atoms with E-state index in [2.05, 4.69) is 27.7 Å². The first-order valence-electron chi connectivity index (χ1n) is 7.86. The lowest BCUT2D eigenvalue weighted by molar-refractivity contribution is -0.0390. The first kappa shape index (κ1) is 14.3. The second kappa shape index (κ2) is 5.92. The largest absolute Gasteiger partial charge is 0.378 e. The molecule has 0 aromatic heterocycles. The van der Waals surface area contributed by atoms with Crippen molar-refractivity contribution in [3.05, 3.63) is 0 Å². The van der Waals surface area contributed by atoms with E-state index >= 15 is 0 Å². The third kappa shape index (κ3) is 3.27. The van der Waals surface area contributed by atoms with Crippen LogP contribution in [0.3, 0.4) is 0 Å². The van der Waals surface area contributed by atoms with Crippen molar-refractivity contribution < 1.29 is 9.47 Å². The second-order valence-electron chi connectivity index (χ2n) is 6.54. The van der Waals surface area contributed by atoms with Gasteiger partial charge in [-0.25, -0.2) is 0 Å². The molecule has 1 aliphatic carbocycles. The van der Waals surface area contributed by atoms with Crippen LogP contribution in [-0.2, 0) is 9.47 Å². The van der Waals surface area contributed by atoms with Gasteiger partial charge in [-0.2, -0.15) is 0 Å². The summed E-state index contributed by atoms with van der Waals surface area (Å²) >= 11 is 0. The van der Waals surface area contributed by atoms with Crippen molar-refractivity contribution in [1.29, 1.82) is 0 Å². The van der Waals surface area contributed by atoms with E-state index in [9.17, 15) is 0 Å². The minimum absolute atomic E-state index is 0.404. The molecule has 4 unspecified atom stereocenters. The first-order chi connectivity index (χ1) is 8.59. The zero-order chi connectivity index (χ0) is 13.2. The standard InChI is InChI=1S/C16H30O2/c1-5-12(3)18-13(4)9-14-10-16(14)8-7-15(6-2)17-11-16/h12-15H,5-11H2,1-4H3/t12-,13?,14?,15?,16?/m1/s1. The molecule has 0 bridgehead atoms. The van der Waals surface area contributed by atoms with Crippen molar-refractivity contribution >= 4 is 0 Å². The van der Waals surface area contributed by atoms with Crippen LogP contribution in [0.2, 0.25) is 0 Å². The fraction of sp³-hybridized carbons (Fsp3) is 1.00. The average Bonchev–Trinajstić information content (AvgIpc) is 3.02. The highest BCUT2D eigenvalue weighted by Crippen LogP contribution is 2.60. The summed E-state index contributed by atoms with van der Waals surface area (Å²) in [6.45, 7) is 9.84. The van der Waals surface area contributed by atoms with Crippen LogP contribution in [0.25, 0.3) is 0 Å². The van der Waals surface area contributed by atoms with Gasteiger partial charge in [0.2, 0.25) is 0 Å². The molecule has 0 radical (unpaired) electrons. The molecule has 18 heavy (non-hydrogen) atoms. The normalized spacial score (nSPS) is 38.7. The highest BCUT2D eigenvalue weighted by atomic mass is 16.5. The zero-order valence-electron chi connectivity index (χ0n) is 12.6. The van der Waals surface area contributed by atoms with Gasteiger partial charge in [0.25, 0.3) is 0 Å². The number of ether oxygens (including phenoxy) is 2. The molecule has 2 rings (SSSR count). The van der Waals surface area contributed by atoms with Crippen molar-refractivity contribution in [2.24, 2.45) is 11.3 Å². The summed E-state index contributed by atoms with van der Waals surface area (Å²) in [6, 6.07) is 0. The predicted molar refractivity (Wildman–Crippen MR) is 74.7 cm³/mol. The van der Waals surface area contributed by atoms with Crippen molar-refractivity contribution in [1.82, 2.24) is 0 Å². The van der Waals surface area contributed by atoms with Crippen LogP contribution in [0.1, 0.15) is 66.2 Å². The Labute approximate surface area is 112 Å². The molecular weight excluding hydrogens is 224 g/mol. The molecule has 2 nitrogen and oxygen atoms in total. The van der Waals surface area contributed by atoms with Crippen LogP contribution in [-0.4, -0.2) is 24.9 Å². The van der Waals surface area contributed by atoms with Crippen LogP contribution < -0.4 is 0 Å². The molecule has 106 valence electrons. The Hall–Kier alpha value is -0.0800. The van der Waals surface area contributed by atoms with Crippen molar-refractivity contribution in [2.75, 3.05) is 6.61 Å². The minimum atomic E-state index is 0.404. The maximum absolute atomic E-state index is 5.99. The van der Waals surface area contributed by atoms with Crippen molar-refractivity contribution in [2.45, 2.75) is 84.5 Å². The number of hydrogen-bond acceptors (Lipinski definition) is 2. The molecular formula is C16H30O2. The summed E-state index contributed by atoms with van der Waals surface area (Å²) in [5.41, 5.74) is 0.540. The molecule has 1 heterocycles. The van der Waals surface area contributed by atoms with Gasteiger partial charge in [-0.1, -0.05) is 13.8 Å². The van der Waals surface area contributed by atoms with Crippen LogP contribution in [0.15, 0.2) is 0 Å². The fourth-order valence-corrected chi connectivity index (χ4v) is 3.41. The molecule has 1 saturated heterocycles. The molecule has 0 aromatic rings. The lowest BCUT2D eigenvalue weighted by Gasteiger charge is -2.30. The Balaban J connectivity index is 1.71. The lowest BCUT2D eigenvalue weighted by Crippen LogP contribution is -2.28. The maximum Gasteiger partial charge on any atom is 0.0573 e. The van der Waals surface area contributed by atoms with Gasteiger partial charge in [-0.05, 0) is 63.7 Å². The van der Waals surface area contributed by atoms with Crippen molar-refractivity contribution in [3.8, 4) is 0 Å². The monoisotopic (exact) mass is 254 g/mol. The summed E-state index contributed by atoms with van der Waals surface area (Å²) in [5, 5.41) is 0. The van der Waals surface area contributed by atoms with Crippen LogP contribution in [0.4, 0.5) is 0 Å². The van der Waals surface area contributed by atoms with E-state index in [0.29, 0.717) is 23.7 Å². The molecule has 2 aliphatic rings. The van der Waals surface area contributed by atoms with Gasteiger partial charge in [0.05, 0.1) is 24.9 Å². The Morgan fingerprint density at radius 1 is 1.28 bits per heavy atom. The molecule has 0 aromatic carbocycles. The lowest BCUT2D eigenvalue weighted by atomic mass is 9.91. The van der Waals surface area contributed by atoms with Crippen molar-refractivity contribution in [3.63, 3.8) is 0 Å². The van der Waals surface area contributed by atoms with Gasteiger partial charge < -0.3 is 9.47 Å². The van der Waals surface area contributed by atoms with E-state index in [1.807, 2.05) is 0 Å². The molecule has 0 N–H and O–H groups in total. The highest BCUT2D eigenvalue weighted by Gasteiger charge is 2.55. The van der Waals surface area contributed by atoms with E-state index in [0.717, 1.165) is 18.9 Å². The van der Waals surface area contributed by atoms with Gasteiger partial charge >= 0.3 is 0 Å². The van der Waals surface area contributed by atoms with Gasteiger partial charge in [-0.3, -0.25) is 0 Å². The Kier molecular flexibility index (Phi) is 4.71. The first-order valence-corrected chi connectivity index (χ1v) is 7.86. The summed E-state index contributed by atoms with van der Waals surface area (Å²) in [6.07, 6.45) is 8.89. The molecule has 1 aliphatic heterocycles. The maximum atomic E-state index is 5.99. The summed E-state index contributed by atoms with van der Waals surface area (Å²) in [4.78, 5) is 0. The SMILES string of the molecule is CCC1CCC2(CO1)CC2CC(C)O[C@H](C)CC. The third-order valence-corrected chi connectivity index (χ3v) is 5.04. The molecule has 1 spiro atoms. The van der Waals surface area contributed by atoms with E-state index in [1.165, 1.54) is 32.1 Å². The van der Waals surface area contributed by atoms with Gasteiger partial charge in [-0.15, -0.1) is 0 Å². The Bertz CT molecular complexity index is 256. The topological polar surface area (TPSA) is 18.5 Å². The highest BCUT2D eigenvalue weighted by molar-refractivity contribution is 5.04. The average molecular weight is 254 g/mol. The summed E-state index contributed by atoms with van der Waals surface area (Å²) in [5.74, 6) is 0.856. The number of hydrogen-bond donors (Lipinski definition) is 0. The van der Waals surface area contributed by atoms with Crippen LogP contribution in [0.5, 0.6) is 0 Å². The van der Waals surface area contributed by atoms with Gasteiger partial charge in [0.1, 0.15) is 0 Å². The summed E-state index contributed by atoms with van der Waals surface area (Å²) < 4.78 is 12.0. The number of rotatable bonds is 6. The molecule has 5 atom stereocenters. The Morgan fingerprint density at radius 3 is 2.61 bits per heavy atom. The second-order valence-corrected chi connectivity index (χ2v) is 6.54. The molecule has 2 heteroatoms. The van der Waals surface area contributed by atoms with Gasteiger partial charge in [0.15, 0.2) is 0 Å². The predicted octanol–water partition coefficient (Wildman–Crippen LogP) is 4.18. The van der Waals surface area contributed by atoms with Gasteiger partial charge in [0, 0.05) is 0 Å². The fourth-order valence-electron chi connectivity index (χ4n) is 3.41. The van der Waals surface area contributed by atoms with E-state index < -0.39 is 0 Å². The molecule has 2 fully saturated rings. The van der Waals surface area contributed by atoms with E-state index in [1.54, 1.807) is 0 Å². The quantitative estimate of drug-likeness (QED) is 0.708. The van der Waals surface area contributed by atoms with E-state index in [-0.39, 0.29) is 0 Å². The molecule has 1 saturated carbocycles. The zero-order valence-corrected chi connectivity index (χ0v) is 12.6. The summed E-state index contributed by atoms with van der Waals surface area (Å²) in [7, 11) is 0. The van der Waals surface area contributed by atoms with Crippen LogP contribution in [0, 0.1) is 11.3 Å².